The molecule has 0 radical (unpaired) electrons. The number of rotatable bonds is 7. The van der Waals surface area contributed by atoms with Crippen molar-refractivity contribution in [2.24, 2.45) is 0 Å². The van der Waals surface area contributed by atoms with Gasteiger partial charge in [0.05, 0.1) is 20.4 Å². The minimum Gasteiger partial charge on any atom is -0.493 e. The summed E-state index contributed by atoms with van der Waals surface area (Å²) in [4.78, 5) is 13.3. The average Bonchev–Trinajstić information content (AvgIpc) is 3.37. The predicted octanol–water partition coefficient (Wildman–Crippen LogP) is 5.77. The minimum atomic E-state index is -0.328. The number of aromatic nitrogens is 2. The Hall–Kier alpha value is -4.52. The van der Waals surface area contributed by atoms with Crippen LogP contribution in [0.25, 0.3) is 5.70 Å². The fourth-order valence-corrected chi connectivity index (χ4v) is 4.44. The molecule has 0 unspecified atom stereocenters. The van der Waals surface area contributed by atoms with Crippen LogP contribution in [-0.4, -0.2) is 29.9 Å². The van der Waals surface area contributed by atoms with Gasteiger partial charge < -0.3 is 20.1 Å². The molecule has 2 N–H and O–H groups in total. The zero-order valence-corrected chi connectivity index (χ0v) is 20.5. The molecule has 0 fully saturated rings. The Morgan fingerprint density at radius 3 is 2.47 bits per heavy atom. The third kappa shape index (κ3) is 4.31. The predicted molar refractivity (Wildman–Crippen MR) is 142 cm³/mol. The second kappa shape index (κ2) is 10.00. The molecule has 5 rings (SSSR count). The smallest absolute Gasteiger partial charge is 0.261 e. The third-order valence-corrected chi connectivity index (χ3v) is 6.34. The molecule has 0 saturated heterocycles. The van der Waals surface area contributed by atoms with Crippen LogP contribution in [0.4, 0.5) is 11.5 Å². The number of ether oxygens (including phenoxy) is 2. The lowest BCUT2D eigenvalue weighted by molar-refractivity contribution is 0.102. The van der Waals surface area contributed by atoms with E-state index in [1.54, 1.807) is 25.1 Å². The molecule has 182 valence electrons. The third-order valence-electron chi connectivity index (χ3n) is 6.34. The molecule has 1 aromatic heterocycles. The van der Waals surface area contributed by atoms with Gasteiger partial charge in [0.25, 0.3) is 5.91 Å². The molecule has 0 aliphatic carbocycles. The van der Waals surface area contributed by atoms with Crippen LogP contribution in [-0.2, 0) is 6.42 Å². The number of para-hydroxylation sites is 2. The number of hydrogen-bond acceptors (Lipinski definition) is 5. The lowest BCUT2D eigenvalue weighted by atomic mass is 9.99. The zero-order chi connectivity index (χ0) is 25.1. The topological polar surface area (TPSA) is 77.4 Å². The van der Waals surface area contributed by atoms with Crippen LogP contribution in [0.2, 0.25) is 0 Å². The van der Waals surface area contributed by atoms with Crippen LogP contribution >= 0.6 is 0 Å². The highest BCUT2D eigenvalue weighted by Gasteiger charge is 2.30. The molecule has 0 spiro atoms. The normalized spacial score (nSPS) is 14.3. The van der Waals surface area contributed by atoms with Crippen molar-refractivity contribution >= 4 is 23.1 Å². The number of allylic oxidation sites excluding steroid dienone is 1. The fourth-order valence-electron chi connectivity index (χ4n) is 4.44. The van der Waals surface area contributed by atoms with E-state index in [1.165, 1.54) is 5.56 Å². The number of nitrogens with zero attached hydrogens (tertiary/aromatic N) is 2. The quantitative estimate of drug-likeness (QED) is 0.351. The molecular weight excluding hydrogens is 452 g/mol. The number of anilines is 2. The van der Waals surface area contributed by atoms with Gasteiger partial charge in [-0.2, -0.15) is 5.10 Å². The van der Waals surface area contributed by atoms with Crippen molar-refractivity contribution < 1.29 is 14.3 Å². The van der Waals surface area contributed by atoms with Gasteiger partial charge in [-0.1, -0.05) is 61.5 Å². The van der Waals surface area contributed by atoms with Crippen LogP contribution in [0.1, 0.15) is 40.0 Å². The number of methoxy groups -OCH3 is 2. The molecule has 7 heteroatoms. The van der Waals surface area contributed by atoms with Gasteiger partial charge in [-0.15, -0.1) is 0 Å². The maximum absolute atomic E-state index is 13.3. The molecule has 4 aromatic rings. The van der Waals surface area contributed by atoms with Crippen molar-refractivity contribution in [1.82, 2.24) is 9.78 Å². The number of carbonyl (C=O) groups is 1. The number of hydrogen-bond donors (Lipinski definition) is 2. The number of nitrogens with one attached hydrogen (secondary N) is 2. The molecule has 0 saturated carbocycles. The first-order valence-corrected chi connectivity index (χ1v) is 11.9. The Labute approximate surface area is 210 Å². The second-order valence-corrected chi connectivity index (χ2v) is 8.45. The largest absolute Gasteiger partial charge is 0.493 e. The van der Waals surface area contributed by atoms with Crippen molar-refractivity contribution in [2.75, 3.05) is 24.9 Å². The van der Waals surface area contributed by atoms with Crippen LogP contribution in [0.15, 0.2) is 85.1 Å². The summed E-state index contributed by atoms with van der Waals surface area (Å²) in [5, 5.41) is 11.0. The molecule has 3 aromatic carbocycles. The first-order chi connectivity index (χ1) is 17.6. The highest BCUT2D eigenvalue weighted by molar-refractivity contribution is 6.08. The molecule has 0 bridgehead atoms. The fraction of sp³-hybridized carbons (Fsp3) is 0.172. The van der Waals surface area contributed by atoms with Crippen molar-refractivity contribution in [2.45, 2.75) is 19.4 Å². The SMILES string of the molecule is CCc1ccc(C2=C[C@H](c3cccc(OC)c3OC)n3ncc(C(=O)Nc4ccccc4)c3N2)cc1. The number of fused-ring (bicyclic) bond motifs is 1. The minimum absolute atomic E-state index is 0.242. The Morgan fingerprint density at radius 2 is 1.78 bits per heavy atom. The molecule has 1 aliphatic rings. The van der Waals surface area contributed by atoms with Crippen molar-refractivity contribution in [1.29, 1.82) is 0 Å². The maximum Gasteiger partial charge on any atom is 0.261 e. The standard InChI is InChI=1S/C29H28N4O3/c1-4-19-13-15-20(16-14-19)24-17-25(22-11-8-12-26(35-2)27(22)36-3)33-28(32-24)23(18-30-33)29(34)31-21-9-6-5-7-10-21/h5-18,25,32H,4H2,1-3H3,(H,31,34)/t25-/m1/s1. The maximum atomic E-state index is 13.3. The van der Waals surface area contributed by atoms with E-state index in [0.717, 1.165) is 28.9 Å². The number of aryl methyl sites for hydroxylation is 1. The molecule has 1 aliphatic heterocycles. The van der Waals surface area contributed by atoms with Crippen molar-refractivity contribution in [3.8, 4) is 11.5 Å². The molecule has 7 nitrogen and oxygen atoms in total. The van der Waals surface area contributed by atoms with Crippen LogP contribution < -0.4 is 20.1 Å². The van der Waals surface area contributed by atoms with Gasteiger partial charge in [0.2, 0.25) is 0 Å². The van der Waals surface area contributed by atoms with Gasteiger partial charge in [-0.3, -0.25) is 4.79 Å². The summed E-state index contributed by atoms with van der Waals surface area (Å²) in [6.07, 6.45) is 4.65. The first-order valence-electron chi connectivity index (χ1n) is 11.9. The Kier molecular flexibility index (Phi) is 6.45. The van der Waals surface area contributed by atoms with Crippen LogP contribution in [0.5, 0.6) is 11.5 Å². The summed E-state index contributed by atoms with van der Waals surface area (Å²) in [6.45, 7) is 2.13. The van der Waals surface area contributed by atoms with Crippen molar-refractivity contribution in [3.05, 3.63) is 107 Å². The van der Waals surface area contributed by atoms with E-state index in [9.17, 15) is 4.79 Å². The van der Waals surface area contributed by atoms with Crippen LogP contribution in [0.3, 0.4) is 0 Å². The van der Waals surface area contributed by atoms with Crippen molar-refractivity contribution in [3.63, 3.8) is 0 Å². The lowest BCUT2D eigenvalue weighted by Gasteiger charge is -2.27. The Balaban J connectivity index is 1.61. The average molecular weight is 481 g/mol. The van der Waals surface area contributed by atoms with Gasteiger partial charge in [0.1, 0.15) is 17.4 Å². The van der Waals surface area contributed by atoms with Gasteiger partial charge >= 0.3 is 0 Å². The van der Waals surface area contributed by atoms with Gasteiger partial charge in [0.15, 0.2) is 11.5 Å². The Morgan fingerprint density at radius 1 is 1.00 bits per heavy atom. The Bertz CT molecular complexity index is 1410. The summed E-state index contributed by atoms with van der Waals surface area (Å²) in [7, 11) is 3.24. The van der Waals surface area contributed by atoms with E-state index in [0.29, 0.717) is 22.9 Å². The summed E-state index contributed by atoms with van der Waals surface area (Å²) < 4.78 is 13.1. The monoisotopic (exact) mass is 480 g/mol. The van der Waals surface area contributed by atoms with E-state index in [2.05, 4.69) is 53.0 Å². The summed E-state index contributed by atoms with van der Waals surface area (Å²) >= 11 is 0. The number of benzene rings is 3. The van der Waals surface area contributed by atoms with Crippen LogP contribution in [0, 0.1) is 0 Å². The van der Waals surface area contributed by atoms with E-state index >= 15 is 0 Å². The summed E-state index contributed by atoms with van der Waals surface area (Å²) in [5.41, 5.74) is 5.20. The first kappa shape index (κ1) is 23.2. The van der Waals surface area contributed by atoms with E-state index in [1.807, 2.05) is 48.5 Å². The number of amides is 1. The van der Waals surface area contributed by atoms with Gasteiger partial charge in [-0.05, 0) is 41.8 Å². The summed E-state index contributed by atoms with van der Waals surface area (Å²) in [6, 6.07) is 23.2. The van der Waals surface area contributed by atoms with Gasteiger partial charge in [-0.25, -0.2) is 4.68 Å². The molecule has 36 heavy (non-hydrogen) atoms. The highest BCUT2D eigenvalue weighted by atomic mass is 16.5. The van der Waals surface area contributed by atoms with E-state index in [4.69, 9.17) is 9.47 Å². The van der Waals surface area contributed by atoms with E-state index < -0.39 is 0 Å². The summed E-state index contributed by atoms with van der Waals surface area (Å²) in [5.74, 6) is 1.62. The molecule has 1 atom stereocenters. The molecule has 2 heterocycles. The molecular formula is C29H28N4O3. The second-order valence-electron chi connectivity index (χ2n) is 8.45. The van der Waals surface area contributed by atoms with Gasteiger partial charge in [0, 0.05) is 16.9 Å². The zero-order valence-electron chi connectivity index (χ0n) is 20.5. The number of carbonyl (C=O) groups excluding carboxylic acids is 1. The highest BCUT2D eigenvalue weighted by Crippen LogP contribution is 2.41. The molecule has 1 amide bonds. The van der Waals surface area contributed by atoms with E-state index in [-0.39, 0.29) is 11.9 Å². The lowest BCUT2D eigenvalue weighted by Crippen LogP contribution is -2.22.